The van der Waals surface area contributed by atoms with Crippen molar-refractivity contribution in [3.05, 3.63) is 34.7 Å². The number of benzene rings is 1. The first-order valence-electron chi connectivity index (χ1n) is 4.05. The van der Waals surface area contributed by atoms with Crippen molar-refractivity contribution in [1.82, 2.24) is 0 Å². The van der Waals surface area contributed by atoms with Crippen molar-refractivity contribution in [3.8, 4) is 0 Å². The first-order valence-corrected chi connectivity index (χ1v) is 4.93. The Morgan fingerprint density at radius 2 is 2.08 bits per heavy atom. The van der Waals surface area contributed by atoms with Crippen molar-refractivity contribution in [3.63, 3.8) is 0 Å². The second-order valence-electron chi connectivity index (χ2n) is 2.82. The van der Waals surface area contributed by atoms with Crippen LogP contribution in [0, 0.1) is 0 Å². The third-order valence-corrected chi connectivity index (χ3v) is 2.45. The van der Waals surface area contributed by atoms with Crippen LogP contribution in [-0.4, -0.2) is 5.25 Å². The van der Waals surface area contributed by atoms with Crippen molar-refractivity contribution in [2.75, 3.05) is 0 Å². The third kappa shape index (κ3) is 3.01. The Morgan fingerprint density at radius 3 is 2.69 bits per heavy atom. The van der Waals surface area contributed by atoms with Gasteiger partial charge in [-0.2, -0.15) is 0 Å². The molecule has 0 heterocycles. The lowest BCUT2D eigenvalue weighted by Gasteiger charge is -2.06. The molecule has 0 aliphatic rings. The maximum Gasteiger partial charge on any atom is 0.0511 e. The molecule has 0 atom stereocenters. The van der Waals surface area contributed by atoms with Crippen LogP contribution in [-0.2, 0) is 0 Å². The number of thioether (sulfide) groups is 1. The van der Waals surface area contributed by atoms with Gasteiger partial charge >= 0.3 is 0 Å². The Hall–Kier alpha value is -1.12. The van der Waals surface area contributed by atoms with Gasteiger partial charge in [0, 0.05) is 15.1 Å². The molecule has 0 saturated heterocycles. The maximum atomic E-state index is 8.33. The zero-order chi connectivity index (χ0) is 9.68. The Kier molecular flexibility index (Phi) is 3.68. The van der Waals surface area contributed by atoms with Gasteiger partial charge in [0.25, 0.3) is 0 Å². The average molecular weight is 193 g/mol. The molecule has 0 fully saturated rings. The number of hydrogen-bond donors (Lipinski definition) is 0. The molecular weight excluding hydrogens is 182 g/mol. The van der Waals surface area contributed by atoms with Crippen LogP contribution in [0.25, 0.3) is 10.4 Å². The highest BCUT2D eigenvalue weighted by atomic mass is 32.2. The Balaban J connectivity index is 2.97. The second-order valence-corrected chi connectivity index (χ2v) is 4.44. The van der Waals surface area contributed by atoms with E-state index in [0.717, 1.165) is 4.90 Å². The molecule has 0 bridgehead atoms. The lowest BCUT2D eigenvalue weighted by molar-refractivity contribution is 1.11. The molecule has 0 amide bonds. The van der Waals surface area contributed by atoms with Crippen molar-refractivity contribution in [1.29, 1.82) is 0 Å². The minimum Gasteiger partial charge on any atom is -0.123 e. The fraction of sp³-hybridized carbons (Fsp3) is 0.333. The topological polar surface area (TPSA) is 48.8 Å². The summed E-state index contributed by atoms with van der Waals surface area (Å²) in [5.74, 6) is 0. The smallest absolute Gasteiger partial charge is 0.0511 e. The first-order chi connectivity index (χ1) is 6.24. The van der Waals surface area contributed by atoms with Crippen LogP contribution >= 0.6 is 11.8 Å². The normalized spacial score (nSPS) is 9.77. The standard InChI is InChI=1S/C9H11N3S/c1-7(2)13-9-6-4-3-5-8(9)11-12-10/h3-7H,1-2H3. The molecule has 0 radical (unpaired) electrons. The zero-order valence-corrected chi connectivity index (χ0v) is 8.45. The van der Waals surface area contributed by atoms with Gasteiger partial charge in [-0.1, -0.05) is 37.2 Å². The van der Waals surface area contributed by atoms with Crippen LogP contribution in [0.1, 0.15) is 13.8 Å². The highest BCUT2D eigenvalue weighted by Gasteiger charge is 2.01. The quantitative estimate of drug-likeness (QED) is 0.308. The summed E-state index contributed by atoms with van der Waals surface area (Å²) in [6.45, 7) is 4.22. The van der Waals surface area contributed by atoms with E-state index in [1.54, 1.807) is 11.8 Å². The van der Waals surface area contributed by atoms with Gasteiger partial charge in [-0.15, -0.1) is 11.8 Å². The van der Waals surface area contributed by atoms with E-state index in [9.17, 15) is 0 Å². The van der Waals surface area contributed by atoms with Crippen LogP contribution in [0.5, 0.6) is 0 Å². The van der Waals surface area contributed by atoms with Crippen molar-refractivity contribution in [2.45, 2.75) is 24.0 Å². The second kappa shape index (κ2) is 4.80. The summed E-state index contributed by atoms with van der Waals surface area (Å²) in [6.07, 6.45) is 0. The van der Waals surface area contributed by atoms with Gasteiger partial charge in [0.2, 0.25) is 0 Å². The lowest BCUT2D eigenvalue weighted by Crippen LogP contribution is -1.85. The fourth-order valence-electron chi connectivity index (χ4n) is 0.942. The van der Waals surface area contributed by atoms with E-state index in [1.807, 2.05) is 24.3 Å². The molecule has 0 aromatic heterocycles. The van der Waals surface area contributed by atoms with E-state index in [1.165, 1.54) is 0 Å². The van der Waals surface area contributed by atoms with E-state index in [4.69, 9.17) is 5.53 Å². The Morgan fingerprint density at radius 1 is 1.38 bits per heavy atom. The fourth-order valence-corrected chi connectivity index (χ4v) is 1.84. The molecule has 0 unspecified atom stereocenters. The molecule has 0 aliphatic heterocycles. The first kappa shape index (κ1) is 9.96. The van der Waals surface area contributed by atoms with Crippen molar-refractivity contribution >= 4 is 17.4 Å². The summed E-state index contributed by atoms with van der Waals surface area (Å²) in [6, 6.07) is 7.61. The third-order valence-electron chi connectivity index (χ3n) is 1.38. The summed E-state index contributed by atoms with van der Waals surface area (Å²) in [4.78, 5) is 3.82. The minimum atomic E-state index is 0.495. The molecule has 0 N–H and O–H groups in total. The number of rotatable bonds is 3. The summed E-state index contributed by atoms with van der Waals surface area (Å²) >= 11 is 1.70. The van der Waals surface area contributed by atoms with Gasteiger partial charge in [0.15, 0.2) is 0 Å². The van der Waals surface area contributed by atoms with Crippen LogP contribution in [0.4, 0.5) is 5.69 Å². The van der Waals surface area contributed by atoms with E-state index in [0.29, 0.717) is 10.9 Å². The monoisotopic (exact) mass is 193 g/mol. The lowest BCUT2D eigenvalue weighted by atomic mass is 10.3. The summed E-state index contributed by atoms with van der Waals surface area (Å²) in [5, 5.41) is 4.11. The van der Waals surface area contributed by atoms with E-state index < -0.39 is 0 Å². The maximum absolute atomic E-state index is 8.33. The van der Waals surface area contributed by atoms with E-state index >= 15 is 0 Å². The van der Waals surface area contributed by atoms with Gasteiger partial charge in [0.05, 0.1) is 5.69 Å². The zero-order valence-electron chi connectivity index (χ0n) is 7.64. The Labute approximate surface area is 81.8 Å². The number of nitrogens with zero attached hydrogens (tertiary/aromatic N) is 3. The van der Waals surface area contributed by atoms with E-state index in [2.05, 4.69) is 23.9 Å². The molecule has 0 spiro atoms. The van der Waals surface area contributed by atoms with Crippen LogP contribution in [0.15, 0.2) is 34.3 Å². The highest BCUT2D eigenvalue weighted by Crippen LogP contribution is 2.31. The molecule has 68 valence electrons. The van der Waals surface area contributed by atoms with Gasteiger partial charge in [0.1, 0.15) is 0 Å². The average Bonchev–Trinajstić information content (AvgIpc) is 2.08. The largest absolute Gasteiger partial charge is 0.123 e. The van der Waals surface area contributed by atoms with Crippen LogP contribution in [0.2, 0.25) is 0 Å². The van der Waals surface area contributed by atoms with Gasteiger partial charge in [-0.05, 0) is 11.6 Å². The van der Waals surface area contributed by atoms with Gasteiger partial charge in [-0.25, -0.2) is 0 Å². The van der Waals surface area contributed by atoms with Crippen molar-refractivity contribution < 1.29 is 0 Å². The van der Waals surface area contributed by atoms with Crippen molar-refractivity contribution in [2.24, 2.45) is 5.11 Å². The predicted octanol–water partition coefficient (Wildman–Crippen LogP) is 4.13. The van der Waals surface area contributed by atoms with Crippen LogP contribution in [0.3, 0.4) is 0 Å². The molecule has 1 rings (SSSR count). The molecule has 0 aliphatic carbocycles. The van der Waals surface area contributed by atoms with E-state index in [-0.39, 0.29) is 0 Å². The van der Waals surface area contributed by atoms with Crippen LogP contribution < -0.4 is 0 Å². The highest BCUT2D eigenvalue weighted by molar-refractivity contribution is 8.00. The molecule has 0 saturated carbocycles. The molecular formula is C9H11N3S. The van der Waals surface area contributed by atoms with Gasteiger partial charge < -0.3 is 0 Å². The predicted molar refractivity (Wildman–Crippen MR) is 56.2 cm³/mol. The summed E-state index contributed by atoms with van der Waals surface area (Å²) in [5.41, 5.74) is 9.04. The molecule has 13 heavy (non-hydrogen) atoms. The molecule has 1 aromatic rings. The minimum absolute atomic E-state index is 0.495. The summed E-state index contributed by atoms with van der Waals surface area (Å²) in [7, 11) is 0. The molecule has 4 heteroatoms. The number of azide groups is 1. The SMILES string of the molecule is CC(C)Sc1ccccc1N=[N+]=[N-]. The summed E-state index contributed by atoms with van der Waals surface area (Å²) < 4.78 is 0. The van der Waals surface area contributed by atoms with Gasteiger partial charge in [-0.3, -0.25) is 0 Å². The number of hydrogen-bond acceptors (Lipinski definition) is 2. The Bertz CT molecular complexity index is 329. The molecule has 3 nitrogen and oxygen atoms in total. The molecule has 1 aromatic carbocycles.